The van der Waals surface area contributed by atoms with Gasteiger partial charge in [0.2, 0.25) is 11.8 Å². The van der Waals surface area contributed by atoms with E-state index in [0.717, 1.165) is 21.7 Å². The number of amides is 4. The number of hydrogen-bond donors (Lipinski definition) is 1. The number of urea groups is 1. The highest BCUT2D eigenvalue weighted by molar-refractivity contribution is 6.19. The van der Waals surface area contributed by atoms with E-state index in [9.17, 15) is 14.4 Å². The van der Waals surface area contributed by atoms with E-state index in [1.54, 1.807) is 0 Å². The Morgan fingerprint density at radius 3 is 2.62 bits per heavy atom. The summed E-state index contributed by atoms with van der Waals surface area (Å²) < 4.78 is 0. The maximum absolute atomic E-state index is 12.6. The normalized spacial score (nSPS) is 25.2. The second kappa shape index (κ2) is 4.31. The van der Waals surface area contributed by atoms with Gasteiger partial charge in [-0.2, -0.15) is 0 Å². The van der Waals surface area contributed by atoms with E-state index in [-0.39, 0.29) is 6.54 Å². The van der Waals surface area contributed by atoms with Crippen LogP contribution in [0.5, 0.6) is 0 Å². The summed E-state index contributed by atoms with van der Waals surface area (Å²) in [5, 5.41) is 2.29. The molecule has 0 unspecified atom stereocenters. The van der Waals surface area contributed by atoms with Crippen LogP contribution in [0.25, 0.3) is 0 Å². The molecule has 1 spiro atoms. The molecule has 6 nitrogen and oxygen atoms in total. The van der Waals surface area contributed by atoms with Crippen molar-refractivity contribution >= 4 is 23.5 Å². The van der Waals surface area contributed by atoms with Crippen LogP contribution >= 0.6 is 0 Å². The molecule has 1 saturated heterocycles. The van der Waals surface area contributed by atoms with E-state index in [1.807, 2.05) is 37.1 Å². The molecule has 3 rings (SSSR count). The van der Waals surface area contributed by atoms with Crippen LogP contribution in [0.15, 0.2) is 18.2 Å². The van der Waals surface area contributed by atoms with Crippen LogP contribution < -0.4 is 10.2 Å². The number of nitrogens with zero attached hydrogens (tertiary/aromatic N) is 2. The Morgan fingerprint density at radius 1 is 1.19 bits per heavy atom. The van der Waals surface area contributed by atoms with Gasteiger partial charge in [0.15, 0.2) is 0 Å². The van der Waals surface area contributed by atoms with Gasteiger partial charge in [0.1, 0.15) is 5.41 Å². The molecule has 0 aromatic heterocycles. The first-order valence-corrected chi connectivity index (χ1v) is 6.79. The average molecular weight is 287 g/mol. The molecular weight excluding hydrogens is 270 g/mol. The average Bonchev–Trinajstić information content (AvgIpc) is 2.43. The molecule has 1 N–H and O–H groups in total. The van der Waals surface area contributed by atoms with Gasteiger partial charge in [0.25, 0.3) is 0 Å². The number of carbonyl (C=O) groups is 3. The second-order valence-electron chi connectivity index (χ2n) is 5.87. The zero-order valence-electron chi connectivity index (χ0n) is 12.3. The lowest BCUT2D eigenvalue weighted by molar-refractivity contribution is -0.150. The number of anilines is 1. The van der Waals surface area contributed by atoms with Crippen molar-refractivity contribution in [2.75, 3.05) is 25.5 Å². The first-order valence-electron chi connectivity index (χ1n) is 6.79. The van der Waals surface area contributed by atoms with E-state index in [4.69, 9.17) is 0 Å². The minimum absolute atomic E-state index is 0.269. The summed E-state index contributed by atoms with van der Waals surface area (Å²) in [5.74, 6) is -0.940. The number of imide groups is 2. The molecular formula is C15H17N3O3. The molecule has 6 heteroatoms. The highest BCUT2D eigenvalue weighted by atomic mass is 16.2. The Hall–Kier alpha value is -2.37. The summed E-state index contributed by atoms with van der Waals surface area (Å²) in [6.07, 6.45) is 0.316. The molecule has 2 aliphatic rings. The summed E-state index contributed by atoms with van der Waals surface area (Å²) in [7, 11) is 3.25. The predicted octanol–water partition coefficient (Wildman–Crippen LogP) is 0.682. The van der Waals surface area contributed by atoms with E-state index in [1.165, 1.54) is 7.05 Å². The third-order valence-corrected chi connectivity index (χ3v) is 4.32. The summed E-state index contributed by atoms with van der Waals surface area (Å²) in [6, 6.07) is 5.33. The summed E-state index contributed by atoms with van der Waals surface area (Å²) >= 11 is 0. The number of benzene rings is 1. The fourth-order valence-corrected chi connectivity index (χ4v) is 3.21. The molecule has 0 saturated carbocycles. The van der Waals surface area contributed by atoms with Gasteiger partial charge in [-0.25, -0.2) is 4.79 Å². The Bertz CT molecular complexity index is 670. The third-order valence-electron chi connectivity index (χ3n) is 4.32. The summed E-state index contributed by atoms with van der Waals surface area (Å²) in [4.78, 5) is 39.4. The molecule has 0 radical (unpaired) electrons. The van der Waals surface area contributed by atoms with E-state index >= 15 is 0 Å². The molecule has 1 atom stereocenters. The zero-order valence-corrected chi connectivity index (χ0v) is 12.3. The number of barbiturate groups is 1. The SMILES string of the molecule is Cc1ccc2c(c1)C[C@]1(CN2C)C(=O)NC(=O)N(C)C1=O. The molecule has 0 aliphatic carbocycles. The van der Waals surface area contributed by atoms with Crippen molar-refractivity contribution in [1.82, 2.24) is 10.2 Å². The lowest BCUT2D eigenvalue weighted by Gasteiger charge is -2.44. The van der Waals surface area contributed by atoms with E-state index in [0.29, 0.717) is 6.42 Å². The van der Waals surface area contributed by atoms with Gasteiger partial charge >= 0.3 is 6.03 Å². The van der Waals surface area contributed by atoms with Crippen LogP contribution in [0.1, 0.15) is 11.1 Å². The van der Waals surface area contributed by atoms with Crippen molar-refractivity contribution in [2.24, 2.45) is 5.41 Å². The van der Waals surface area contributed by atoms with Crippen LogP contribution in [-0.4, -0.2) is 43.4 Å². The molecule has 4 amide bonds. The second-order valence-corrected chi connectivity index (χ2v) is 5.87. The Kier molecular flexibility index (Phi) is 2.79. The van der Waals surface area contributed by atoms with Crippen LogP contribution in [0, 0.1) is 12.3 Å². The molecule has 1 fully saturated rings. The van der Waals surface area contributed by atoms with Gasteiger partial charge in [-0.05, 0) is 25.0 Å². The van der Waals surface area contributed by atoms with Crippen molar-refractivity contribution < 1.29 is 14.4 Å². The number of rotatable bonds is 0. The summed E-state index contributed by atoms with van der Waals surface area (Å²) in [5.41, 5.74) is 1.83. The van der Waals surface area contributed by atoms with Crippen molar-refractivity contribution in [3.8, 4) is 0 Å². The highest BCUT2D eigenvalue weighted by Crippen LogP contribution is 2.39. The monoisotopic (exact) mass is 287 g/mol. The Labute approximate surface area is 122 Å². The van der Waals surface area contributed by atoms with Crippen LogP contribution in [0.2, 0.25) is 0 Å². The van der Waals surface area contributed by atoms with Gasteiger partial charge < -0.3 is 4.90 Å². The molecule has 0 bridgehead atoms. The summed E-state index contributed by atoms with van der Waals surface area (Å²) in [6.45, 7) is 2.24. The predicted molar refractivity (Wildman–Crippen MR) is 76.9 cm³/mol. The standard InChI is InChI=1S/C15H17N3O3/c1-9-4-5-11-10(6-9)7-15(8-17(11)2)12(19)16-14(21)18(3)13(15)20/h4-6H,7-8H2,1-3H3,(H,16,19,21)/t15-/m0/s1. The third kappa shape index (κ3) is 1.82. The topological polar surface area (TPSA) is 69.7 Å². The number of carbonyl (C=O) groups excluding carboxylic acids is 3. The molecule has 2 heterocycles. The fraction of sp³-hybridized carbons (Fsp3) is 0.400. The van der Waals surface area contributed by atoms with Crippen molar-refractivity contribution in [3.05, 3.63) is 29.3 Å². The minimum atomic E-state index is -1.22. The Balaban J connectivity index is 2.09. The number of fused-ring (bicyclic) bond motifs is 1. The zero-order chi connectivity index (χ0) is 15.4. The smallest absolute Gasteiger partial charge is 0.330 e. The van der Waals surface area contributed by atoms with Crippen molar-refractivity contribution in [1.29, 1.82) is 0 Å². The Morgan fingerprint density at radius 2 is 1.90 bits per heavy atom. The first kappa shape index (κ1) is 13.6. The molecule has 110 valence electrons. The van der Waals surface area contributed by atoms with Gasteiger partial charge in [0, 0.05) is 26.3 Å². The maximum atomic E-state index is 12.6. The number of aryl methyl sites for hydroxylation is 1. The minimum Gasteiger partial charge on any atom is -0.373 e. The lowest BCUT2D eigenvalue weighted by Crippen LogP contribution is -2.67. The van der Waals surface area contributed by atoms with Gasteiger partial charge in [0.05, 0.1) is 0 Å². The van der Waals surface area contributed by atoms with Gasteiger partial charge in [-0.1, -0.05) is 17.7 Å². The molecule has 21 heavy (non-hydrogen) atoms. The van der Waals surface area contributed by atoms with Crippen molar-refractivity contribution in [3.63, 3.8) is 0 Å². The molecule has 1 aromatic rings. The quantitative estimate of drug-likeness (QED) is 0.713. The highest BCUT2D eigenvalue weighted by Gasteiger charge is 2.55. The number of nitrogens with one attached hydrogen (secondary N) is 1. The first-order chi connectivity index (χ1) is 9.85. The van der Waals surface area contributed by atoms with E-state index in [2.05, 4.69) is 5.32 Å². The molecule has 1 aromatic carbocycles. The number of hydrogen-bond acceptors (Lipinski definition) is 4. The van der Waals surface area contributed by atoms with Crippen LogP contribution in [0.4, 0.5) is 10.5 Å². The largest absolute Gasteiger partial charge is 0.373 e. The molecule has 2 aliphatic heterocycles. The fourth-order valence-electron chi connectivity index (χ4n) is 3.21. The van der Waals surface area contributed by atoms with Crippen molar-refractivity contribution in [2.45, 2.75) is 13.3 Å². The maximum Gasteiger partial charge on any atom is 0.330 e. The lowest BCUT2D eigenvalue weighted by atomic mass is 9.74. The van der Waals surface area contributed by atoms with Crippen LogP contribution in [-0.2, 0) is 16.0 Å². The van der Waals surface area contributed by atoms with Crippen LogP contribution in [0.3, 0.4) is 0 Å². The van der Waals surface area contributed by atoms with Gasteiger partial charge in [-0.3, -0.25) is 19.8 Å². The van der Waals surface area contributed by atoms with Gasteiger partial charge in [-0.15, -0.1) is 0 Å². The van der Waals surface area contributed by atoms with E-state index < -0.39 is 23.3 Å².